The van der Waals surface area contributed by atoms with Crippen LogP contribution in [-0.2, 0) is 40.1 Å². The summed E-state index contributed by atoms with van der Waals surface area (Å²) in [6, 6.07) is 13.8. The number of aromatic carboxylic acids is 2. The van der Waals surface area contributed by atoms with Crippen LogP contribution in [0.1, 0.15) is 71.4 Å². The molecule has 0 bridgehead atoms. The zero-order chi connectivity index (χ0) is 19.4. The van der Waals surface area contributed by atoms with E-state index < -0.39 is 11.9 Å². The van der Waals surface area contributed by atoms with Gasteiger partial charge in [-0.25, -0.2) is 0 Å². The molecule has 0 unspecified atom stereocenters. The number of aryl methyl sites for hydroxylation is 2. The van der Waals surface area contributed by atoms with E-state index in [0.717, 1.165) is 38.5 Å². The molecule has 0 radical (unpaired) electrons. The normalized spacial score (nSPS) is 9.56. The predicted octanol–water partition coefficient (Wildman–Crippen LogP) is 2.78. The molecule has 0 amide bonds. The summed E-state index contributed by atoms with van der Waals surface area (Å²) < 4.78 is 0. The average molecular weight is 467 g/mol. The molecule has 0 aromatic heterocycles. The van der Waals surface area contributed by atoms with Gasteiger partial charge in [0.1, 0.15) is 0 Å². The second-order valence-electron chi connectivity index (χ2n) is 6.18. The number of carboxylic acid groups (broad SMARTS) is 2. The third-order valence-electron chi connectivity index (χ3n) is 4.02. The molecule has 0 atom stereocenters. The number of rotatable bonds is 8. The quantitative estimate of drug-likeness (QED) is 0.560. The molecule has 0 fully saturated rings. The van der Waals surface area contributed by atoms with Gasteiger partial charge in [-0.05, 0) is 47.9 Å². The average Bonchev–Trinajstić information content (AvgIpc) is 2.66. The fourth-order valence-corrected chi connectivity index (χ4v) is 2.38. The molecule has 140 valence electrons. The molecule has 5 heteroatoms. The van der Waals surface area contributed by atoms with Gasteiger partial charge in [-0.3, -0.25) is 0 Å². The molecular formula is C22H26CdO4. The van der Waals surface area contributed by atoms with Crippen molar-refractivity contribution in [2.45, 2.75) is 52.4 Å². The minimum absolute atomic E-state index is 0. The Morgan fingerprint density at radius 2 is 0.963 bits per heavy atom. The van der Waals surface area contributed by atoms with Crippen LogP contribution in [-0.4, -0.2) is 11.9 Å². The van der Waals surface area contributed by atoms with Crippen LogP contribution >= 0.6 is 0 Å². The molecule has 2 aromatic rings. The Bertz CT molecular complexity index is 617. The van der Waals surface area contributed by atoms with Crippen LogP contribution in [0.2, 0.25) is 0 Å². The smallest absolute Gasteiger partial charge is 0.545 e. The summed E-state index contributed by atoms with van der Waals surface area (Å²) in [5.41, 5.74) is 2.87. The van der Waals surface area contributed by atoms with E-state index in [4.69, 9.17) is 0 Å². The summed E-state index contributed by atoms with van der Waals surface area (Å²) in [5, 5.41) is 20.8. The first kappa shape index (κ1) is 25.3. The molecule has 4 nitrogen and oxygen atoms in total. The predicted molar refractivity (Wildman–Crippen MR) is 98.8 cm³/mol. The first-order valence-electron chi connectivity index (χ1n) is 9.08. The van der Waals surface area contributed by atoms with Gasteiger partial charge in [-0.15, -0.1) is 0 Å². The number of carboxylic acids is 2. The largest absolute Gasteiger partial charge is 2.00 e. The summed E-state index contributed by atoms with van der Waals surface area (Å²) >= 11 is 0. The third kappa shape index (κ3) is 10.3. The fraction of sp³-hybridized carbons (Fsp3) is 0.364. The van der Waals surface area contributed by atoms with Crippen LogP contribution in [0.25, 0.3) is 0 Å². The van der Waals surface area contributed by atoms with Gasteiger partial charge in [0.2, 0.25) is 0 Å². The number of carbonyl (C=O) groups excluding carboxylic acids is 2. The van der Waals surface area contributed by atoms with Crippen molar-refractivity contribution >= 4 is 11.9 Å². The molecule has 0 N–H and O–H groups in total. The Hall–Kier alpha value is -1.70. The standard InChI is InChI=1S/2C11H14O2.Cd/c2*1-2-3-4-9-5-7-10(8-6-9)11(12)13;/h2*5-8H,2-4H2,1H3,(H,12,13);/q;;+2/p-2. The van der Waals surface area contributed by atoms with E-state index in [1.54, 1.807) is 24.3 Å². The van der Waals surface area contributed by atoms with E-state index in [1.165, 1.54) is 11.1 Å². The Morgan fingerprint density at radius 1 is 0.667 bits per heavy atom. The molecule has 0 aliphatic rings. The van der Waals surface area contributed by atoms with Gasteiger partial charge in [0.25, 0.3) is 0 Å². The maximum absolute atomic E-state index is 10.4. The molecule has 2 aromatic carbocycles. The van der Waals surface area contributed by atoms with Crippen LogP contribution < -0.4 is 10.2 Å². The molecule has 0 aliphatic heterocycles. The fourth-order valence-electron chi connectivity index (χ4n) is 2.38. The number of hydrogen-bond acceptors (Lipinski definition) is 4. The van der Waals surface area contributed by atoms with E-state index in [1.807, 2.05) is 24.3 Å². The summed E-state index contributed by atoms with van der Waals surface area (Å²) in [6.07, 6.45) is 6.63. The molecular weight excluding hydrogens is 441 g/mol. The van der Waals surface area contributed by atoms with Crippen molar-refractivity contribution in [2.24, 2.45) is 0 Å². The van der Waals surface area contributed by atoms with Gasteiger partial charge in [0.15, 0.2) is 0 Å². The first-order chi connectivity index (χ1) is 12.5. The number of unbranched alkanes of at least 4 members (excludes halogenated alkanes) is 2. The van der Waals surface area contributed by atoms with Crippen LogP contribution in [0.15, 0.2) is 48.5 Å². The molecule has 27 heavy (non-hydrogen) atoms. The molecule has 0 spiro atoms. The molecule has 0 aliphatic carbocycles. The molecule has 0 saturated heterocycles. The van der Waals surface area contributed by atoms with Crippen LogP contribution in [0.5, 0.6) is 0 Å². The number of carbonyl (C=O) groups is 2. The molecule has 0 heterocycles. The van der Waals surface area contributed by atoms with E-state index in [9.17, 15) is 19.8 Å². The van der Waals surface area contributed by atoms with Gasteiger partial charge in [-0.1, -0.05) is 75.2 Å². The van der Waals surface area contributed by atoms with Crippen molar-refractivity contribution in [3.63, 3.8) is 0 Å². The topological polar surface area (TPSA) is 80.3 Å². The second kappa shape index (κ2) is 14.4. The van der Waals surface area contributed by atoms with Crippen molar-refractivity contribution in [1.82, 2.24) is 0 Å². The summed E-state index contributed by atoms with van der Waals surface area (Å²) in [5.74, 6) is -2.22. The summed E-state index contributed by atoms with van der Waals surface area (Å²) in [7, 11) is 0. The minimum atomic E-state index is -1.11. The van der Waals surface area contributed by atoms with Crippen LogP contribution in [0.4, 0.5) is 0 Å². The maximum atomic E-state index is 10.4. The minimum Gasteiger partial charge on any atom is -0.545 e. The first-order valence-corrected chi connectivity index (χ1v) is 9.08. The number of benzene rings is 2. The van der Waals surface area contributed by atoms with Crippen molar-refractivity contribution < 1.29 is 47.1 Å². The zero-order valence-electron chi connectivity index (χ0n) is 16.2. The van der Waals surface area contributed by atoms with Gasteiger partial charge in [-0.2, -0.15) is 0 Å². The van der Waals surface area contributed by atoms with Crippen LogP contribution in [0, 0.1) is 0 Å². The zero-order valence-corrected chi connectivity index (χ0v) is 20.2. The van der Waals surface area contributed by atoms with Crippen molar-refractivity contribution in [3.8, 4) is 0 Å². The Labute approximate surface area is 181 Å². The SMILES string of the molecule is CCCCc1ccc(C(=O)[O-])cc1.CCCCc1ccc(C(=O)[O-])cc1.[Cd+2]. The van der Waals surface area contributed by atoms with Gasteiger partial charge >= 0.3 is 27.3 Å². The van der Waals surface area contributed by atoms with Gasteiger partial charge in [0.05, 0.1) is 11.9 Å². The van der Waals surface area contributed by atoms with E-state index in [0.29, 0.717) is 0 Å². The second-order valence-corrected chi connectivity index (χ2v) is 6.18. The summed E-state index contributed by atoms with van der Waals surface area (Å²) in [6.45, 7) is 4.27. The summed E-state index contributed by atoms with van der Waals surface area (Å²) in [4.78, 5) is 20.8. The number of hydrogen-bond donors (Lipinski definition) is 0. The van der Waals surface area contributed by atoms with Gasteiger partial charge < -0.3 is 19.8 Å². The van der Waals surface area contributed by atoms with Crippen molar-refractivity contribution in [1.29, 1.82) is 0 Å². The van der Waals surface area contributed by atoms with Crippen molar-refractivity contribution in [3.05, 3.63) is 70.8 Å². The van der Waals surface area contributed by atoms with E-state index in [2.05, 4.69) is 13.8 Å². The Balaban J connectivity index is 0.000000483. The van der Waals surface area contributed by atoms with E-state index >= 15 is 0 Å². The molecule has 2 rings (SSSR count). The van der Waals surface area contributed by atoms with Crippen LogP contribution in [0.3, 0.4) is 0 Å². The van der Waals surface area contributed by atoms with E-state index in [-0.39, 0.29) is 38.4 Å². The third-order valence-corrected chi connectivity index (χ3v) is 4.02. The van der Waals surface area contributed by atoms with Crippen molar-refractivity contribution in [2.75, 3.05) is 0 Å². The Morgan fingerprint density at radius 3 is 1.19 bits per heavy atom. The monoisotopic (exact) mass is 468 g/mol. The van der Waals surface area contributed by atoms with Gasteiger partial charge in [0, 0.05) is 0 Å². The maximum Gasteiger partial charge on any atom is 2.00 e. The Kier molecular flexibility index (Phi) is 13.5. The molecule has 0 saturated carbocycles.